The molecule has 2 aromatic rings. The van der Waals surface area contributed by atoms with E-state index in [2.05, 4.69) is 22.4 Å². The lowest BCUT2D eigenvalue weighted by atomic mass is 10.1. The Morgan fingerprint density at radius 2 is 2.00 bits per heavy atom. The Bertz CT molecular complexity index is 644. The quantitative estimate of drug-likeness (QED) is 0.842. The molecule has 20 heavy (non-hydrogen) atoms. The number of rotatable bonds is 4. The van der Waals surface area contributed by atoms with E-state index in [1.165, 1.54) is 18.5 Å². The first-order chi connectivity index (χ1) is 9.58. The molecule has 0 bridgehead atoms. The van der Waals surface area contributed by atoms with E-state index < -0.39 is 17.5 Å². The monoisotopic (exact) mass is 275 g/mol. The van der Waals surface area contributed by atoms with Gasteiger partial charge >= 0.3 is 0 Å². The summed E-state index contributed by atoms with van der Waals surface area (Å²) >= 11 is 0. The molecular formula is C14H11F2N3O. The van der Waals surface area contributed by atoms with Crippen molar-refractivity contribution in [2.45, 2.75) is 0 Å². The molecule has 6 heteroatoms. The van der Waals surface area contributed by atoms with E-state index in [4.69, 9.17) is 0 Å². The SMILES string of the molecule is C=C(NNC(=O)c1cccnc1)c1ccc(F)cc1F. The molecule has 0 saturated heterocycles. The molecule has 102 valence electrons. The summed E-state index contributed by atoms with van der Waals surface area (Å²) < 4.78 is 26.3. The number of carbonyl (C=O) groups excluding carboxylic acids is 1. The maximum absolute atomic E-state index is 13.5. The standard InChI is InChI=1S/C14H11F2N3O/c1-9(12-5-4-11(15)7-13(12)16)18-19-14(20)10-3-2-6-17-8-10/h2-8,18H,1H2,(H,19,20). The zero-order chi connectivity index (χ0) is 14.5. The largest absolute Gasteiger partial charge is 0.298 e. The van der Waals surface area contributed by atoms with Gasteiger partial charge in [0.25, 0.3) is 5.91 Å². The summed E-state index contributed by atoms with van der Waals surface area (Å²) in [6.07, 6.45) is 2.93. The molecule has 2 N–H and O–H groups in total. The van der Waals surface area contributed by atoms with Gasteiger partial charge in [-0.2, -0.15) is 0 Å². The predicted octanol–water partition coefficient (Wildman–Crippen LogP) is 2.27. The van der Waals surface area contributed by atoms with Gasteiger partial charge in [0.2, 0.25) is 0 Å². The average molecular weight is 275 g/mol. The first-order valence-corrected chi connectivity index (χ1v) is 5.68. The molecule has 0 aliphatic carbocycles. The highest BCUT2D eigenvalue weighted by molar-refractivity contribution is 5.94. The second-order valence-corrected chi connectivity index (χ2v) is 3.92. The Balaban J connectivity index is 2.00. The maximum atomic E-state index is 13.5. The van der Waals surface area contributed by atoms with Crippen LogP contribution in [0.3, 0.4) is 0 Å². The van der Waals surface area contributed by atoms with Crippen molar-refractivity contribution in [2.75, 3.05) is 0 Å². The van der Waals surface area contributed by atoms with E-state index in [0.717, 1.165) is 12.1 Å². The highest BCUT2D eigenvalue weighted by atomic mass is 19.1. The third-order valence-corrected chi connectivity index (χ3v) is 2.51. The molecule has 0 radical (unpaired) electrons. The van der Waals surface area contributed by atoms with E-state index in [0.29, 0.717) is 5.56 Å². The Morgan fingerprint density at radius 1 is 1.20 bits per heavy atom. The number of hydrogen-bond acceptors (Lipinski definition) is 3. The molecule has 0 spiro atoms. The molecular weight excluding hydrogens is 264 g/mol. The molecule has 1 aromatic carbocycles. The smallest absolute Gasteiger partial charge is 0.271 e. The topological polar surface area (TPSA) is 54.0 Å². The van der Waals surface area contributed by atoms with Gasteiger partial charge in [-0.25, -0.2) is 8.78 Å². The Morgan fingerprint density at radius 3 is 2.65 bits per heavy atom. The van der Waals surface area contributed by atoms with Crippen LogP contribution in [0.25, 0.3) is 5.70 Å². The number of benzene rings is 1. The first kappa shape index (κ1) is 13.7. The number of hydrazine groups is 1. The van der Waals surface area contributed by atoms with E-state index in [-0.39, 0.29) is 11.3 Å². The highest BCUT2D eigenvalue weighted by Gasteiger charge is 2.09. The number of aromatic nitrogens is 1. The fourth-order valence-corrected chi connectivity index (χ4v) is 1.50. The van der Waals surface area contributed by atoms with Crippen LogP contribution in [0.2, 0.25) is 0 Å². The number of nitrogens with one attached hydrogen (secondary N) is 2. The summed E-state index contributed by atoms with van der Waals surface area (Å²) in [6, 6.07) is 6.27. The number of pyridine rings is 1. The average Bonchev–Trinajstić information content (AvgIpc) is 2.45. The Kier molecular flexibility index (Phi) is 4.05. The van der Waals surface area contributed by atoms with Gasteiger partial charge < -0.3 is 0 Å². The Hall–Kier alpha value is -2.76. The van der Waals surface area contributed by atoms with Crippen molar-refractivity contribution in [1.82, 2.24) is 15.8 Å². The summed E-state index contributed by atoms with van der Waals surface area (Å²) in [5.74, 6) is -1.89. The lowest BCUT2D eigenvalue weighted by Gasteiger charge is -2.11. The maximum Gasteiger partial charge on any atom is 0.271 e. The second kappa shape index (κ2) is 5.92. The third-order valence-electron chi connectivity index (χ3n) is 2.51. The van der Waals surface area contributed by atoms with Gasteiger partial charge in [-0.05, 0) is 24.3 Å². The molecule has 0 unspecified atom stereocenters. The van der Waals surface area contributed by atoms with Crippen LogP contribution in [-0.2, 0) is 0 Å². The van der Waals surface area contributed by atoms with Crippen LogP contribution in [0.5, 0.6) is 0 Å². The summed E-state index contributed by atoms with van der Waals surface area (Å²) in [5, 5.41) is 0. The zero-order valence-electron chi connectivity index (χ0n) is 10.4. The van der Waals surface area contributed by atoms with Crippen LogP contribution in [0.4, 0.5) is 8.78 Å². The molecule has 0 aliphatic rings. The Labute approximate surface area is 114 Å². The molecule has 0 aliphatic heterocycles. The summed E-state index contributed by atoms with van der Waals surface area (Å²) in [4.78, 5) is 15.5. The lowest BCUT2D eigenvalue weighted by Crippen LogP contribution is -2.36. The number of carbonyl (C=O) groups is 1. The van der Waals surface area contributed by atoms with Crippen molar-refractivity contribution in [1.29, 1.82) is 0 Å². The fourth-order valence-electron chi connectivity index (χ4n) is 1.50. The van der Waals surface area contributed by atoms with E-state index >= 15 is 0 Å². The number of amides is 1. The number of nitrogens with zero attached hydrogens (tertiary/aromatic N) is 1. The number of halogens is 2. The van der Waals surface area contributed by atoms with E-state index in [1.54, 1.807) is 12.1 Å². The molecule has 4 nitrogen and oxygen atoms in total. The van der Waals surface area contributed by atoms with Crippen LogP contribution in [-0.4, -0.2) is 10.9 Å². The van der Waals surface area contributed by atoms with Crippen molar-refractivity contribution in [3.63, 3.8) is 0 Å². The van der Waals surface area contributed by atoms with Gasteiger partial charge in [-0.1, -0.05) is 6.58 Å². The summed E-state index contributed by atoms with van der Waals surface area (Å²) in [5.41, 5.74) is 5.34. The molecule has 1 amide bonds. The molecule has 1 aromatic heterocycles. The molecule has 1 heterocycles. The summed E-state index contributed by atoms with van der Waals surface area (Å²) in [7, 11) is 0. The minimum absolute atomic E-state index is 0.0675. The van der Waals surface area contributed by atoms with Gasteiger partial charge in [-0.15, -0.1) is 0 Å². The second-order valence-electron chi connectivity index (χ2n) is 3.92. The molecule has 0 saturated carbocycles. The van der Waals surface area contributed by atoms with Gasteiger partial charge in [0.1, 0.15) is 11.6 Å². The van der Waals surface area contributed by atoms with Crippen LogP contribution in [0, 0.1) is 11.6 Å². The molecule has 0 atom stereocenters. The zero-order valence-corrected chi connectivity index (χ0v) is 10.4. The molecule has 2 rings (SSSR count). The summed E-state index contributed by atoms with van der Waals surface area (Å²) in [6.45, 7) is 3.58. The van der Waals surface area contributed by atoms with Crippen LogP contribution in [0.1, 0.15) is 15.9 Å². The number of hydrogen-bond donors (Lipinski definition) is 2. The normalized spacial score (nSPS) is 9.90. The van der Waals surface area contributed by atoms with Gasteiger partial charge in [0.05, 0.1) is 11.3 Å². The third kappa shape index (κ3) is 3.17. The molecule has 0 fully saturated rings. The van der Waals surface area contributed by atoms with Crippen molar-refractivity contribution in [3.05, 3.63) is 72.1 Å². The van der Waals surface area contributed by atoms with Crippen molar-refractivity contribution in [2.24, 2.45) is 0 Å². The van der Waals surface area contributed by atoms with Crippen molar-refractivity contribution in [3.8, 4) is 0 Å². The van der Waals surface area contributed by atoms with Crippen LogP contribution < -0.4 is 10.9 Å². The predicted molar refractivity (Wildman–Crippen MR) is 70.2 cm³/mol. The highest BCUT2D eigenvalue weighted by Crippen LogP contribution is 2.15. The van der Waals surface area contributed by atoms with Gasteiger partial charge in [0.15, 0.2) is 0 Å². The fraction of sp³-hybridized carbons (Fsp3) is 0. The minimum atomic E-state index is -0.766. The van der Waals surface area contributed by atoms with Crippen LogP contribution >= 0.6 is 0 Å². The first-order valence-electron chi connectivity index (χ1n) is 5.68. The van der Waals surface area contributed by atoms with Gasteiger partial charge in [-0.3, -0.25) is 20.6 Å². The van der Waals surface area contributed by atoms with Crippen molar-refractivity contribution < 1.29 is 13.6 Å². The van der Waals surface area contributed by atoms with Crippen molar-refractivity contribution >= 4 is 11.6 Å². The van der Waals surface area contributed by atoms with E-state index in [1.807, 2.05) is 0 Å². The van der Waals surface area contributed by atoms with Gasteiger partial charge in [0, 0.05) is 24.0 Å². The minimum Gasteiger partial charge on any atom is -0.298 e. The van der Waals surface area contributed by atoms with E-state index in [9.17, 15) is 13.6 Å². The lowest BCUT2D eigenvalue weighted by molar-refractivity contribution is 0.0942. The van der Waals surface area contributed by atoms with Crippen LogP contribution in [0.15, 0.2) is 49.3 Å².